The van der Waals surface area contributed by atoms with Crippen molar-refractivity contribution in [1.29, 1.82) is 0 Å². The number of aromatic amines is 1. The highest BCUT2D eigenvalue weighted by Crippen LogP contribution is 2.27. The molecule has 1 aliphatic heterocycles. The quantitative estimate of drug-likeness (QED) is 0.773. The van der Waals surface area contributed by atoms with E-state index in [1.165, 1.54) is 6.07 Å². The van der Waals surface area contributed by atoms with Gasteiger partial charge in [-0.15, -0.1) is 0 Å². The number of thiophene rings is 1. The molecule has 7 heteroatoms. The summed E-state index contributed by atoms with van der Waals surface area (Å²) < 4.78 is 0. The molecule has 1 N–H and O–H groups in total. The Morgan fingerprint density at radius 2 is 2.08 bits per heavy atom. The van der Waals surface area contributed by atoms with E-state index in [2.05, 4.69) is 15.0 Å². The van der Waals surface area contributed by atoms with Crippen LogP contribution in [0.2, 0.25) is 0 Å². The number of pyridine rings is 1. The molecule has 1 fully saturated rings. The molecule has 0 radical (unpaired) electrons. The van der Waals surface area contributed by atoms with Crippen molar-refractivity contribution in [3.63, 3.8) is 0 Å². The maximum atomic E-state index is 12.5. The van der Waals surface area contributed by atoms with Crippen LogP contribution in [0.1, 0.15) is 35.1 Å². The fraction of sp³-hybridized carbons (Fsp3) is 0.263. The van der Waals surface area contributed by atoms with Crippen molar-refractivity contribution in [2.75, 3.05) is 13.1 Å². The molecule has 0 spiro atoms. The third kappa shape index (κ3) is 3.43. The van der Waals surface area contributed by atoms with Crippen molar-refractivity contribution in [1.82, 2.24) is 19.9 Å². The molecular weight excluding hydrogens is 348 g/mol. The van der Waals surface area contributed by atoms with Crippen LogP contribution in [0.5, 0.6) is 0 Å². The Labute approximate surface area is 154 Å². The molecule has 132 valence electrons. The molecule has 3 aromatic heterocycles. The van der Waals surface area contributed by atoms with Crippen LogP contribution in [0, 0.1) is 0 Å². The lowest BCUT2D eigenvalue weighted by molar-refractivity contribution is 0.0705. The standard InChI is InChI=1S/C19H18N4O2S/c24-17-11-16(14-6-10-26-12-14)21-18(22-17)13-4-8-23(9-5-13)19(25)15-3-1-2-7-20-15/h1-3,6-7,10-13H,4-5,8-9H2,(H,21,22,24). The summed E-state index contributed by atoms with van der Waals surface area (Å²) in [6.07, 6.45) is 3.17. The van der Waals surface area contributed by atoms with Gasteiger partial charge in [0, 0.05) is 42.2 Å². The number of aromatic nitrogens is 3. The van der Waals surface area contributed by atoms with Gasteiger partial charge in [-0.3, -0.25) is 14.6 Å². The smallest absolute Gasteiger partial charge is 0.272 e. The molecular formula is C19H18N4O2S. The lowest BCUT2D eigenvalue weighted by atomic mass is 9.95. The minimum absolute atomic E-state index is 0.0440. The highest BCUT2D eigenvalue weighted by molar-refractivity contribution is 7.08. The van der Waals surface area contributed by atoms with Crippen LogP contribution in [0.25, 0.3) is 11.3 Å². The molecule has 26 heavy (non-hydrogen) atoms. The molecule has 0 aromatic carbocycles. The number of hydrogen-bond acceptors (Lipinski definition) is 5. The molecule has 4 heterocycles. The number of nitrogens with zero attached hydrogens (tertiary/aromatic N) is 3. The SMILES string of the molecule is O=C(c1ccccn1)N1CCC(c2nc(-c3ccsc3)cc(=O)[nH]2)CC1. The van der Waals surface area contributed by atoms with Crippen molar-refractivity contribution in [2.45, 2.75) is 18.8 Å². The first-order valence-electron chi connectivity index (χ1n) is 8.55. The van der Waals surface area contributed by atoms with Crippen LogP contribution >= 0.6 is 11.3 Å². The van der Waals surface area contributed by atoms with Crippen LogP contribution in [0.3, 0.4) is 0 Å². The molecule has 3 aromatic rings. The predicted octanol–water partition coefficient (Wildman–Crippen LogP) is 2.91. The summed E-state index contributed by atoms with van der Waals surface area (Å²) in [6, 6.07) is 8.84. The van der Waals surface area contributed by atoms with E-state index in [1.54, 1.807) is 29.7 Å². The monoisotopic (exact) mass is 366 g/mol. The van der Waals surface area contributed by atoms with E-state index in [0.717, 1.165) is 18.4 Å². The Balaban J connectivity index is 1.48. The minimum Gasteiger partial charge on any atom is -0.337 e. The number of piperidine rings is 1. The van der Waals surface area contributed by atoms with E-state index in [4.69, 9.17) is 0 Å². The summed E-state index contributed by atoms with van der Waals surface area (Å²) >= 11 is 1.58. The molecule has 0 atom stereocenters. The van der Waals surface area contributed by atoms with E-state index in [0.29, 0.717) is 30.3 Å². The summed E-state index contributed by atoms with van der Waals surface area (Å²) in [5.41, 5.74) is 2.00. The fourth-order valence-electron chi connectivity index (χ4n) is 3.24. The van der Waals surface area contributed by atoms with Gasteiger partial charge < -0.3 is 9.88 Å². The zero-order valence-corrected chi connectivity index (χ0v) is 14.9. The molecule has 0 unspecified atom stereocenters. The average molecular weight is 366 g/mol. The van der Waals surface area contributed by atoms with Gasteiger partial charge in [-0.1, -0.05) is 6.07 Å². The van der Waals surface area contributed by atoms with Crippen LogP contribution in [-0.2, 0) is 0 Å². The van der Waals surface area contributed by atoms with Gasteiger partial charge in [-0.05, 0) is 36.4 Å². The number of nitrogens with one attached hydrogen (secondary N) is 1. The van der Waals surface area contributed by atoms with E-state index in [1.807, 2.05) is 27.8 Å². The zero-order chi connectivity index (χ0) is 17.9. The van der Waals surface area contributed by atoms with Gasteiger partial charge in [-0.25, -0.2) is 4.98 Å². The lowest BCUT2D eigenvalue weighted by Crippen LogP contribution is -2.38. The number of carbonyl (C=O) groups is 1. The maximum Gasteiger partial charge on any atom is 0.272 e. The van der Waals surface area contributed by atoms with Crippen molar-refractivity contribution in [3.8, 4) is 11.3 Å². The number of rotatable bonds is 3. The predicted molar refractivity (Wildman–Crippen MR) is 100 cm³/mol. The van der Waals surface area contributed by atoms with Gasteiger partial charge >= 0.3 is 0 Å². The van der Waals surface area contributed by atoms with Crippen molar-refractivity contribution in [2.24, 2.45) is 0 Å². The first-order chi connectivity index (χ1) is 12.7. The van der Waals surface area contributed by atoms with E-state index in [-0.39, 0.29) is 17.4 Å². The molecule has 1 saturated heterocycles. The molecule has 0 saturated carbocycles. The highest BCUT2D eigenvalue weighted by atomic mass is 32.1. The van der Waals surface area contributed by atoms with Crippen molar-refractivity contribution in [3.05, 3.63) is 69.2 Å². The number of amides is 1. The third-order valence-electron chi connectivity index (χ3n) is 4.63. The molecule has 1 aliphatic rings. The zero-order valence-electron chi connectivity index (χ0n) is 14.1. The topological polar surface area (TPSA) is 79.0 Å². The molecule has 0 aliphatic carbocycles. The van der Waals surface area contributed by atoms with E-state index in [9.17, 15) is 9.59 Å². The number of H-pyrrole nitrogens is 1. The Bertz CT molecular complexity index is 945. The lowest BCUT2D eigenvalue weighted by Gasteiger charge is -2.31. The molecule has 6 nitrogen and oxygen atoms in total. The van der Waals surface area contributed by atoms with Gasteiger partial charge in [0.1, 0.15) is 11.5 Å². The average Bonchev–Trinajstić information content (AvgIpc) is 3.23. The summed E-state index contributed by atoms with van der Waals surface area (Å²) in [4.78, 5) is 38.0. The fourth-order valence-corrected chi connectivity index (χ4v) is 3.88. The first-order valence-corrected chi connectivity index (χ1v) is 9.49. The third-order valence-corrected chi connectivity index (χ3v) is 5.31. The van der Waals surface area contributed by atoms with Crippen LogP contribution in [0.15, 0.2) is 52.1 Å². The van der Waals surface area contributed by atoms with E-state index < -0.39 is 0 Å². The van der Waals surface area contributed by atoms with Gasteiger partial charge in [0.15, 0.2) is 0 Å². The summed E-state index contributed by atoms with van der Waals surface area (Å²) in [5, 5.41) is 3.96. The summed E-state index contributed by atoms with van der Waals surface area (Å²) in [6.45, 7) is 1.26. The summed E-state index contributed by atoms with van der Waals surface area (Å²) in [7, 11) is 0. The molecule has 4 rings (SSSR count). The first kappa shape index (κ1) is 16.7. The minimum atomic E-state index is -0.136. The van der Waals surface area contributed by atoms with Crippen molar-refractivity contribution < 1.29 is 4.79 Å². The van der Waals surface area contributed by atoms with Crippen LogP contribution in [-0.4, -0.2) is 38.8 Å². The summed E-state index contributed by atoms with van der Waals surface area (Å²) in [5.74, 6) is 0.815. The second-order valence-corrected chi connectivity index (χ2v) is 7.09. The molecule has 0 bridgehead atoms. The van der Waals surface area contributed by atoms with Gasteiger partial charge in [0.05, 0.1) is 5.69 Å². The van der Waals surface area contributed by atoms with Gasteiger partial charge in [0.25, 0.3) is 11.5 Å². The Morgan fingerprint density at radius 3 is 2.77 bits per heavy atom. The maximum absolute atomic E-state index is 12.5. The number of carbonyl (C=O) groups excluding carboxylic acids is 1. The Kier molecular flexibility index (Phi) is 4.62. The number of likely N-dealkylation sites (tertiary alicyclic amines) is 1. The number of hydrogen-bond donors (Lipinski definition) is 1. The Morgan fingerprint density at radius 1 is 1.23 bits per heavy atom. The van der Waals surface area contributed by atoms with Crippen molar-refractivity contribution >= 4 is 17.2 Å². The largest absolute Gasteiger partial charge is 0.337 e. The highest BCUT2D eigenvalue weighted by Gasteiger charge is 2.26. The van der Waals surface area contributed by atoms with Crippen LogP contribution in [0.4, 0.5) is 0 Å². The normalized spacial score (nSPS) is 15.2. The molecule has 1 amide bonds. The Hall–Kier alpha value is -2.80. The van der Waals surface area contributed by atoms with E-state index >= 15 is 0 Å². The second-order valence-electron chi connectivity index (χ2n) is 6.31. The second kappa shape index (κ2) is 7.21. The van der Waals surface area contributed by atoms with Crippen LogP contribution < -0.4 is 5.56 Å². The van der Waals surface area contributed by atoms with Gasteiger partial charge in [0.2, 0.25) is 0 Å². The van der Waals surface area contributed by atoms with Gasteiger partial charge in [-0.2, -0.15) is 11.3 Å².